The molecule has 1 aromatic carbocycles. The molecule has 1 fully saturated rings. The molecule has 1 aliphatic carbocycles. The number of hydrogen-bond acceptors (Lipinski definition) is 3. The van der Waals surface area contributed by atoms with E-state index in [1.54, 1.807) is 6.07 Å². The van der Waals surface area contributed by atoms with Gasteiger partial charge in [0.25, 0.3) is 0 Å². The SMILES string of the molecule is Cc1cc(C(CC2CCCC2)C(=O)Nc2ccc(O)cn2)ccc1Cl. The molecule has 1 unspecified atom stereocenters. The van der Waals surface area contributed by atoms with E-state index in [2.05, 4.69) is 10.3 Å². The quantitative estimate of drug-likeness (QED) is 0.786. The largest absolute Gasteiger partial charge is 0.506 e. The number of carbonyl (C=O) groups excluding carboxylic acids is 1. The number of aryl methyl sites for hydroxylation is 1. The Hall–Kier alpha value is -2.07. The Kier molecular flexibility index (Phi) is 5.59. The lowest BCUT2D eigenvalue weighted by Gasteiger charge is -2.21. The molecule has 1 aliphatic rings. The molecule has 0 spiro atoms. The number of hydrogen-bond donors (Lipinski definition) is 2. The summed E-state index contributed by atoms with van der Waals surface area (Å²) in [6.07, 6.45) is 7.04. The Labute approximate surface area is 153 Å². The molecule has 4 nitrogen and oxygen atoms in total. The molecule has 1 amide bonds. The number of rotatable bonds is 5. The zero-order chi connectivity index (χ0) is 17.8. The van der Waals surface area contributed by atoms with Gasteiger partial charge in [0.05, 0.1) is 12.1 Å². The van der Waals surface area contributed by atoms with Crippen LogP contribution in [0.5, 0.6) is 5.75 Å². The number of aromatic hydroxyl groups is 1. The molecule has 1 saturated carbocycles. The number of amides is 1. The average molecular weight is 359 g/mol. The molecule has 1 heterocycles. The van der Waals surface area contributed by atoms with E-state index < -0.39 is 0 Å². The Morgan fingerprint density at radius 1 is 1.32 bits per heavy atom. The minimum Gasteiger partial charge on any atom is -0.506 e. The molecule has 3 rings (SSSR count). The van der Waals surface area contributed by atoms with Crippen molar-refractivity contribution in [2.75, 3.05) is 5.32 Å². The molecular weight excluding hydrogens is 336 g/mol. The van der Waals surface area contributed by atoms with Crippen molar-refractivity contribution in [2.24, 2.45) is 5.92 Å². The molecule has 5 heteroatoms. The fourth-order valence-electron chi connectivity index (χ4n) is 3.53. The summed E-state index contributed by atoms with van der Waals surface area (Å²) < 4.78 is 0. The Morgan fingerprint density at radius 3 is 2.72 bits per heavy atom. The molecule has 0 saturated heterocycles. The van der Waals surface area contributed by atoms with Crippen molar-refractivity contribution in [1.82, 2.24) is 4.98 Å². The number of anilines is 1. The van der Waals surface area contributed by atoms with Crippen LogP contribution in [0.3, 0.4) is 0 Å². The van der Waals surface area contributed by atoms with E-state index in [0.29, 0.717) is 16.8 Å². The summed E-state index contributed by atoms with van der Waals surface area (Å²) in [6, 6.07) is 8.93. The van der Waals surface area contributed by atoms with Gasteiger partial charge in [-0.05, 0) is 48.6 Å². The van der Waals surface area contributed by atoms with E-state index in [4.69, 9.17) is 11.6 Å². The van der Waals surface area contributed by atoms with Crippen LogP contribution in [0.15, 0.2) is 36.5 Å². The number of nitrogens with zero attached hydrogens (tertiary/aromatic N) is 1. The smallest absolute Gasteiger partial charge is 0.233 e. The second kappa shape index (κ2) is 7.87. The van der Waals surface area contributed by atoms with Crippen LogP contribution in [-0.4, -0.2) is 16.0 Å². The molecule has 2 aromatic rings. The van der Waals surface area contributed by atoms with E-state index in [9.17, 15) is 9.90 Å². The summed E-state index contributed by atoms with van der Waals surface area (Å²) in [5.41, 5.74) is 1.97. The molecule has 25 heavy (non-hydrogen) atoms. The van der Waals surface area contributed by atoms with Crippen LogP contribution in [0.4, 0.5) is 5.82 Å². The highest BCUT2D eigenvalue weighted by molar-refractivity contribution is 6.31. The second-order valence-electron chi connectivity index (χ2n) is 6.84. The van der Waals surface area contributed by atoms with Gasteiger partial charge in [-0.1, -0.05) is 49.4 Å². The molecule has 0 bridgehead atoms. The highest BCUT2D eigenvalue weighted by Crippen LogP contribution is 2.35. The predicted molar refractivity (Wildman–Crippen MR) is 100 cm³/mol. The highest BCUT2D eigenvalue weighted by atomic mass is 35.5. The first-order chi connectivity index (χ1) is 12.0. The second-order valence-corrected chi connectivity index (χ2v) is 7.25. The molecule has 1 atom stereocenters. The van der Waals surface area contributed by atoms with E-state index in [1.807, 2.05) is 25.1 Å². The molecule has 2 N–H and O–H groups in total. The first-order valence-corrected chi connectivity index (χ1v) is 9.12. The first-order valence-electron chi connectivity index (χ1n) is 8.75. The van der Waals surface area contributed by atoms with Crippen LogP contribution in [0, 0.1) is 12.8 Å². The summed E-state index contributed by atoms with van der Waals surface area (Å²) >= 11 is 6.15. The lowest BCUT2D eigenvalue weighted by atomic mass is 9.86. The third-order valence-electron chi connectivity index (χ3n) is 4.94. The lowest BCUT2D eigenvalue weighted by molar-refractivity contribution is -0.118. The molecule has 132 valence electrons. The van der Waals surface area contributed by atoms with Crippen molar-refractivity contribution >= 4 is 23.3 Å². The van der Waals surface area contributed by atoms with Gasteiger partial charge in [0.2, 0.25) is 5.91 Å². The van der Waals surface area contributed by atoms with Gasteiger partial charge in [-0.15, -0.1) is 0 Å². The van der Waals surface area contributed by atoms with Gasteiger partial charge in [-0.3, -0.25) is 4.79 Å². The van der Waals surface area contributed by atoms with Gasteiger partial charge in [0, 0.05) is 5.02 Å². The molecular formula is C20H23ClN2O2. The summed E-state index contributed by atoms with van der Waals surface area (Å²) in [5.74, 6) is 0.819. The maximum Gasteiger partial charge on any atom is 0.233 e. The predicted octanol–water partition coefficient (Wildman–Crippen LogP) is 5.05. The van der Waals surface area contributed by atoms with Crippen molar-refractivity contribution in [3.63, 3.8) is 0 Å². The standard InChI is InChI=1S/C20H23ClN2O2/c1-13-10-15(6-8-18(13)21)17(11-14-4-2-3-5-14)20(25)23-19-9-7-16(24)12-22-19/h6-10,12,14,17,24H,2-5,11H2,1H3,(H,22,23,25). The normalized spacial score (nSPS) is 15.9. The van der Waals surface area contributed by atoms with Crippen LogP contribution >= 0.6 is 11.6 Å². The minimum absolute atomic E-state index is 0.0631. The zero-order valence-electron chi connectivity index (χ0n) is 14.3. The Balaban J connectivity index is 1.82. The number of nitrogens with one attached hydrogen (secondary N) is 1. The van der Waals surface area contributed by atoms with Crippen molar-refractivity contribution < 1.29 is 9.90 Å². The highest BCUT2D eigenvalue weighted by Gasteiger charge is 2.27. The van der Waals surface area contributed by atoms with Gasteiger partial charge in [0.1, 0.15) is 11.6 Å². The summed E-state index contributed by atoms with van der Waals surface area (Å²) in [4.78, 5) is 17.0. The number of carbonyl (C=O) groups is 1. The third kappa shape index (κ3) is 4.51. The number of aromatic nitrogens is 1. The monoisotopic (exact) mass is 358 g/mol. The van der Waals surface area contributed by atoms with Gasteiger partial charge in [0.15, 0.2) is 0 Å². The maximum absolute atomic E-state index is 12.9. The number of pyridine rings is 1. The van der Waals surface area contributed by atoms with E-state index in [0.717, 1.165) is 17.5 Å². The summed E-state index contributed by atoms with van der Waals surface area (Å²) in [6.45, 7) is 1.96. The van der Waals surface area contributed by atoms with E-state index in [1.165, 1.54) is 37.9 Å². The molecule has 0 aliphatic heterocycles. The van der Waals surface area contributed by atoms with Gasteiger partial charge in [-0.2, -0.15) is 0 Å². The van der Waals surface area contributed by atoms with Crippen molar-refractivity contribution in [1.29, 1.82) is 0 Å². The van der Waals surface area contributed by atoms with Crippen LogP contribution in [0.1, 0.15) is 49.1 Å². The van der Waals surface area contributed by atoms with Gasteiger partial charge < -0.3 is 10.4 Å². The lowest BCUT2D eigenvalue weighted by Crippen LogP contribution is -2.23. The Bertz CT molecular complexity index is 740. The third-order valence-corrected chi connectivity index (χ3v) is 5.37. The number of benzene rings is 1. The maximum atomic E-state index is 12.9. The van der Waals surface area contributed by atoms with E-state index >= 15 is 0 Å². The Morgan fingerprint density at radius 2 is 2.08 bits per heavy atom. The van der Waals surface area contributed by atoms with Crippen molar-refractivity contribution in [3.8, 4) is 5.75 Å². The van der Waals surface area contributed by atoms with Crippen LogP contribution < -0.4 is 5.32 Å². The van der Waals surface area contributed by atoms with Crippen molar-refractivity contribution in [2.45, 2.75) is 44.9 Å². The van der Waals surface area contributed by atoms with E-state index in [-0.39, 0.29) is 17.6 Å². The van der Waals surface area contributed by atoms with Crippen LogP contribution in [-0.2, 0) is 4.79 Å². The average Bonchev–Trinajstić information content (AvgIpc) is 3.10. The topological polar surface area (TPSA) is 62.2 Å². The van der Waals surface area contributed by atoms with Gasteiger partial charge >= 0.3 is 0 Å². The first kappa shape index (κ1) is 17.7. The van der Waals surface area contributed by atoms with Crippen molar-refractivity contribution in [3.05, 3.63) is 52.7 Å². The summed E-state index contributed by atoms with van der Waals surface area (Å²) in [7, 11) is 0. The summed E-state index contributed by atoms with van der Waals surface area (Å²) in [5, 5.41) is 12.9. The van der Waals surface area contributed by atoms with Crippen LogP contribution in [0.2, 0.25) is 5.02 Å². The molecule has 0 radical (unpaired) electrons. The van der Waals surface area contributed by atoms with Gasteiger partial charge in [-0.25, -0.2) is 4.98 Å². The van der Waals surface area contributed by atoms with Crippen LogP contribution in [0.25, 0.3) is 0 Å². The minimum atomic E-state index is -0.227. The number of halogens is 1. The fourth-order valence-corrected chi connectivity index (χ4v) is 3.65. The fraction of sp³-hybridized carbons (Fsp3) is 0.400. The molecule has 1 aromatic heterocycles. The zero-order valence-corrected chi connectivity index (χ0v) is 15.1.